The normalized spacial score (nSPS) is 13.0. The lowest BCUT2D eigenvalue weighted by Gasteiger charge is -2.13. The van der Waals surface area contributed by atoms with Crippen LogP contribution in [0.25, 0.3) is 10.9 Å². The van der Waals surface area contributed by atoms with E-state index in [1.165, 1.54) is 17.5 Å². The monoisotopic (exact) mass is 401 g/mol. The van der Waals surface area contributed by atoms with E-state index in [0.717, 1.165) is 46.3 Å². The summed E-state index contributed by atoms with van der Waals surface area (Å²) in [5.41, 5.74) is 7.46. The number of aromatic nitrogens is 4. The summed E-state index contributed by atoms with van der Waals surface area (Å²) in [5, 5.41) is 12.3. The number of fused-ring (bicyclic) bond motifs is 2. The minimum atomic E-state index is 0.427. The second-order valence-electron chi connectivity index (χ2n) is 7.67. The first kappa shape index (κ1) is 18.7. The second kappa shape index (κ2) is 8.20. The van der Waals surface area contributed by atoms with Gasteiger partial charge in [0.25, 0.3) is 0 Å². The Morgan fingerprint density at radius 1 is 1.10 bits per heavy atom. The number of ether oxygens (including phenoxy) is 1. The van der Waals surface area contributed by atoms with Gasteiger partial charge >= 0.3 is 0 Å². The summed E-state index contributed by atoms with van der Waals surface area (Å²) in [5.74, 6) is 0.645. The van der Waals surface area contributed by atoms with Crippen molar-refractivity contribution in [3.63, 3.8) is 0 Å². The van der Waals surface area contributed by atoms with Crippen LogP contribution < -0.4 is 10.1 Å². The molecule has 0 unspecified atom stereocenters. The zero-order chi connectivity index (χ0) is 20.3. The lowest BCUT2D eigenvalue weighted by molar-refractivity contribution is 0.290. The van der Waals surface area contributed by atoms with E-state index in [2.05, 4.69) is 38.8 Å². The Balaban J connectivity index is 1.42. The third kappa shape index (κ3) is 3.89. The molecule has 0 fully saturated rings. The van der Waals surface area contributed by atoms with Crippen LogP contribution in [-0.2, 0) is 32.5 Å². The standard InChI is InChI=1S/C23H23N5O2/c1-15-22(28-30-27-15)13-25-12-20-9-19-8-17-5-2-6-18(17)10-21(19)26-23(20)29-14-16-4-3-7-24-11-16/h3-4,7-11,25H,2,5-6,12-14H2,1H3. The molecule has 0 atom stereocenters. The second-order valence-corrected chi connectivity index (χ2v) is 7.67. The van der Waals surface area contributed by atoms with E-state index in [1.807, 2.05) is 25.3 Å². The van der Waals surface area contributed by atoms with Crippen molar-refractivity contribution in [2.24, 2.45) is 0 Å². The van der Waals surface area contributed by atoms with E-state index >= 15 is 0 Å². The molecule has 7 nitrogen and oxygen atoms in total. The van der Waals surface area contributed by atoms with Gasteiger partial charge in [-0.25, -0.2) is 9.61 Å². The van der Waals surface area contributed by atoms with Crippen molar-refractivity contribution in [2.45, 2.75) is 45.9 Å². The minimum Gasteiger partial charge on any atom is -0.472 e. The Hall–Kier alpha value is -3.32. The van der Waals surface area contributed by atoms with Gasteiger partial charge in [0.05, 0.1) is 5.52 Å². The fourth-order valence-corrected chi connectivity index (χ4v) is 3.89. The number of benzene rings is 1. The highest BCUT2D eigenvalue weighted by Crippen LogP contribution is 2.30. The van der Waals surface area contributed by atoms with Crippen LogP contribution in [0, 0.1) is 6.92 Å². The van der Waals surface area contributed by atoms with Gasteiger partial charge in [0.15, 0.2) is 0 Å². The van der Waals surface area contributed by atoms with Crippen molar-refractivity contribution in [1.29, 1.82) is 0 Å². The maximum absolute atomic E-state index is 6.12. The van der Waals surface area contributed by atoms with Crippen LogP contribution in [0.1, 0.15) is 40.1 Å². The van der Waals surface area contributed by atoms with Crippen LogP contribution in [0.5, 0.6) is 5.88 Å². The lowest BCUT2D eigenvalue weighted by Crippen LogP contribution is -2.15. The molecule has 0 amide bonds. The summed E-state index contributed by atoms with van der Waals surface area (Å²) in [4.78, 5) is 9.03. The Kier molecular flexibility index (Phi) is 5.11. The van der Waals surface area contributed by atoms with Gasteiger partial charge in [-0.1, -0.05) is 16.4 Å². The van der Waals surface area contributed by atoms with E-state index in [-0.39, 0.29) is 0 Å². The molecule has 0 saturated carbocycles. The molecular weight excluding hydrogens is 378 g/mol. The molecular formula is C23H23N5O2. The van der Waals surface area contributed by atoms with Crippen molar-refractivity contribution in [3.05, 3.63) is 76.4 Å². The van der Waals surface area contributed by atoms with Gasteiger partial charge in [-0.3, -0.25) is 4.98 Å². The predicted molar refractivity (Wildman–Crippen MR) is 112 cm³/mol. The highest BCUT2D eigenvalue weighted by atomic mass is 16.6. The molecule has 0 radical (unpaired) electrons. The van der Waals surface area contributed by atoms with Gasteiger partial charge in [0.1, 0.15) is 18.0 Å². The molecule has 1 N–H and O–H groups in total. The first-order valence-corrected chi connectivity index (χ1v) is 10.2. The zero-order valence-corrected chi connectivity index (χ0v) is 16.9. The number of pyridine rings is 2. The average molecular weight is 401 g/mol. The summed E-state index contributed by atoms with van der Waals surface area (Å²) < 4.78 is 10.9. The molecule has 1 aliphatic rings. The van der Waals surface area contributed by atoms with Crippen LogP contribution >= 0.6 is 0 Å². The lowest BCUT2D eigenvalue weighted by atomic mass is 10.0. The highest BCUT2D eigenvalue weighted by molar-refractivity contribution is 5.82. The zero-order valence-electron chi connectivity index (χ0n) is 16.9. The summed E-state index contributed by atoms with van der Waals surface area (Å²) in [6, 6.07) is 10.6. The third-order valence-corrected chi connectivity index (χ3v) is 5.52. The van der Waals surface area contributed by atoms with Gasteiger partial charge in [-0.15, -0.1) is 0 Å². The Labute approximate surface area is 174 Å². The Bertz CT molecular complexity index is 1170. The number of rotatable bonds is 7. The summed E-state index contributed by atoms with van der Waals surface area (Å²) >= 11 is 0. The number of hydrogen-bond donors (Lipinski definition) is 1. The van der Waals surface area contributed by atoms with Crippen LogP contribution in [0.4, 0.5) is 0 Å². The molecule has 30 heavy (non-hydrogen) atoms. The predicted octanol–water partition coefficient (Wildman–Crippen LogP) is 3.68. The van der Waals surface area contributed by atoms with E-state index in [4.69, 9.17) is 14.3 Å². The highest BCUT2D eigenvalue weighted by Gasteiger charge is 2.15. The maximum Gasteiger partial charge on any atom is 0.218 e. The summed E-state index contributed by atoms with van der Waals surface area (Å²) in [7, 11) is 0. The van der Waals surface area contributed by atoms with Gasteiger partial charge in [-0.05, 0) is 61.6 Å². The van der Waals surface area contributed by atoms with Crippen molar-refractivity contribution < 1.29 is 9.37 Å². The number of nitrogens with one attached hydrogen (secondary N) is 1. The molecule has 3 heterocycles. The molecule has 7 heteroatoms. The third-order valence-electron chi connectivity index (χ3n) is 5.52. The smallest absolute Gasteiger partial charge is 0.218 e. The Morgan fingerprint density at radius 3 is 2.80 bits per heavy atom. The molecule has 4 aromatic rings. The molecule has 3 aromatic heterocycles. The van der Waals surface area contributed by atoms with Gasteiger partial charge in [0.2, 0.25) is 5.88 Å². The van der Waals surface area contributed by atoms with E-state index in [9.17, 15) is 0 Å². The first-order valence-electron chi connectivity index (χ1n) is 10.2. The molecule has 0 saturated heterocycles. The Morgan fingerprint density at radius 2 is 2.00 bits per heavy atom. The van der Waals surface area contributed by atoms with Crippen LogP contribution in [0.15, 0.2) is 47.4 Å². The fourth-order valence-electron chi connectivity index (χ4n) is 3.89. The van der Waals surface area contributed by atoms with Gasteiger partial charge in [-0.2, -0.15) is 0 Å². The van der Waals surface area contributed by atoms with Crippen LogP contribution in [0.3, 0.4) is 0 Å². The molecule has 5 rings (SSSR count). The molecule has 0 bridgehead atoms. The van der Waals surface area contributed by atoms with E-state index < -0.39 is 0 Å². The minimum absolute atomic E-state index is 0.427. The number of hydrogen-bond acceptors (Lipinski definition) is 7. The van der Waals surface area contributed by atoms with Gasteiger partial charge in [0, 0.05) is 42.0 Å². The fraction of sp³-hybridized carbons (Fsp3) is 0.304. The summed E-state index contributed by atoms with van der Waals surface area (Å²) in [6.45, 7) is 3.49. The van der Waals surface area contributed by atoms with Crippen LogP contribution in [0.2, 0.25) is 0 Å². The number of aryl methyl sites for hydroxylation is 3. The van der Waals surface area contributed by atoms with Crippen LogP contribution in [-0.4, -0.2) is 20.3 Å². The van der Waals surface area contributed by atoms with Gasteiger partial charge < -0.3 is 10.1 Å². The molecule has 0 aliphatic heterocycles. The molecule has 152 valence electrons. The quantitative estimate of drug-likeness (QED) is 0.505. The maximum atomic E-state index is 6.12. The topological polar surface area (TPSA) is 86.0 Å². The van der Waals surface area contributed by atoms with Crippen molar-refractivity contribution in [2.75, 3.05) is 0 Å². The van der Waals surface area contributed by atoms with Crippen molar-refractivity contribution in [1.82, 2.24) is 25.6 Å². The summed E-state index contributed by atoms with van der Waals surface area (Å²) in [6.07, 6.45) is 7.07. The first-order chi connectivity index (χ1) is 14.8. The van der Waals surface area contributed by atoms with Crippen molar-refractivity contribution in [3.8, 4) is 5.88 Å². The molecule has 1 aliphatic carbocycles. The molecule has 0 spiro atoms. The van der Waals surface area contributed by atoms with Crippen molar-refractivity contribution >= 4 is 10.9 Å². The molecule has 1 aromatic carbocycles. The number of nitrogens with zero attached hydrogens (tertiary/aromatic N) is 4. The SMILES string of the molecule is Cc1nonc1CNCc1cc2cc3c(cc2nc1OCc1cccnc1)CCC3. The van der Waals surface area contributed by atoms with E-state index in [0.29, 0.717) is 25.6 Å². The van der Waals surface area contributed by atoms with E-state index in [1.54, 1.807) is 6.20 Å². The largest absolute Gasteiger partial charge is 0.472 e. The average Bonchev–Trinajstić information content (AvgIpc) is 3.39.